The number of aryl methyl sites for hydroxylation is 2. The van der Waals surface area contributed by atoms with Crippen LogP contribution < -0.4 is 0 Å². The molecule has 0 heterocycles. The summed E-state index contributed by atoms with van der Waals surface area (Å²) in [6.45, 7) is 16.3. The van der Waals surface area contributed by atoms with Gasteiger partial charge in [-0.15, -0.1) is 0 Å². The largest absolute Gasteiger partial charge is 0.0683 e. The van der Waals surface area contributed by atoms with Crippen molar-refractivity contribution in [3.05, 3.63) is 47.5 Å². The lowest BCUT2D eigenvalue weighted by Crippen LogP contribution is -1.81. The Balaban J connectivity index is 0. The average molecular weight is 246 g/mol. The van der Waals surface area contributed by atoms with E-state index < -0.39 is 0 Å². The summed E-state index contributed by atoms with van der Waals surface area (Å²) in [4.78, 5) is 0. The van der Waals surface area contributed by atoms with Crippen LogP contribution in [0.4, 0.5) is 0 Å². The predicted molar refractivity (Wildman–Crippen MR) is 87.5 cm³/mol. The Hall–Kier alpha value is -1.30. The second-order valence-corrected chi connectivity index (χ2v) is 3.25. The summed E-state index contributed by atoms with van der Waals surface area (Å²) in [5.74, 6) is 0. The lowest BCUT2D eigenvalue weighted by atomic mass is 10.0. The fourth-order valence-corrected chi connectivity index (χ4v) is 1.75. The zero-order valence-corrected chi connectivity index (χ0v) is 13.5. The van der Waals surface area contributed by atoms with E-state index in [-0.39, 0.29) is 0 Å². The Labute approximate surface area is 114 Å². The first-order valence-electron chi connectivity index (χ1n) is 7.24. The summed E-state index contributed by atoms with van der Waals surface area (Å²) < 4.78 is 0. The minimum absolute atomic E-state index is 1.34. The highest BCUT2D eigenvalue weighted by Gasteiger charge is 1.97. The van der Waals surface area contributed by atoms with Crippen molar-refractivity contribution in [1.82, 2.24) is 0 Å². The summed E-state index contributed by atoms with van der Waals surface area (Å²) in [7, 11) is 0. The van der Waals surface area contributed by atoms with Crippen molar-refractivity contribution in [3.8, 4) is 0 Å². The minimum atomic E-state index is 1.34. The molecule has 0 nitrogen and oxygen atoms in total. The van der Waals surface area contributed by atoms with Crippen LogP contribution >= 0.6 is 0 Å². The Morgan fingerprint density at radius 1 is 0.556 bits per heavy atom. The second kappa shape index (κ2) is 12.2. The molecule has 0 heteroatoms. The van der Waals surface area contributed by atoms with Crippen LogP contribution in [0, 0.1) is 13.8 Å². The maximum atomic E-state index is 2.16. The Kier molecular flexibility index (Phi) is 12.9. The fourth-order valence-electron chi connectivity index (χ4n) is 1.75. The van der Waals surface area contributed by atoms with Crippen molar-refractivity contribution in [2.75, 3.05) is 0 Å². The van der Waals surface area contributed by atoms with Crippen LogP contribution in [0.2, 0.25) is 0 Å². The molecule has 0 aromatic heterocycles. The van der Waals surface area contributed by atoms with Gasteiger partial charge in [0.1, 0.15) is 0 Å². The van der Waals surface area contributed by atoms with Gasteiger partial charge in [-0.3, -0.25) is 0 Å². The molecule has 0 fully saturated rings. The van der Waals surface area contributed by atoms with Gasteiger partial charge < -0.3 is 0 Å². The molecule has 0 saturated carbocycles. The van der Waals surface area contributed by atoms with Gasteiger partial charge in [-0.2, -0.15) is 0 Å². The lowest BCUT2D eigenvalue weighted by molar-refractivity contribution is 1.46. The molecule has 102 valence electrons. The maximum Gasteiger partial charge on any atom is -0.0125 e. The van der Waals surface area contributed by atoms with Crippen LogP contribution in [0.25, 0.3) is 10.8 Å². The molecule has 0 radical (unpaired) electrons. The smallest absolute Gasteiger partial charge is 0.0125 e. The van der Waals surface area contributed by atoms with Crippen LogP contribution in [0.3, 0.4) is 0 Å². The van der Waals surface area contributed by atoms with E-state index in [9.17, 15) is 0 Å². The zero-order valence-electron chi connectivity index (χ0n) is 13.5. The number of benzene rings is 2. The van der Waals surface area contributed by atoms with Gasteiger partial charge >= 0.3 is 0 Å². The highest BCUT2D eigenvalue weighted by Crippen LogP contribution is 2.21. The molecule has 0 bridgehead atoms. The molecular formula is C18H30. The van der Waals surface area contributed by atoms with Crippen molar-refractivity contribution < 1.29 is 0 Å². The molecule has 0 atom stereocenters. The molecule has 2 rings (SSSR count). The quantitative estimate of drug-likeness (QED) is 0.495. The van der Waals surface area contributed by atoms with Crippen molar-refractivity contribution in [2.24, 2.45) is 0 Å². The van der Waals surface area contributed by atoms with E-state index in [0.717, 1.165) is 0 Å². The third kappa shape index (κ3) is 5.35. The van der Waals surface area contributed by atoms with Crippen molar-refractivity contribution in [1.29, 1.82) is 0 Å². The number of rotatable bonds is 0. The predicted octanol–water partition coefficient (Wildman–Crippen LogP) is 6.54. The molecule has 2 aromatic rings. The first kappa shape index (κ1) is 19.0. The van der Waals surface area contributed by atoms with E-state index in [2.05, 4.69) is 50.2 Å². The van der Waals surface area contributed by atoms with Crippen molar-refractivity contribution >= 4 is 10.8 Å². The molecule has 0 spiro atoms. The summed E-state index contributed by atoms with van der Waals surface area (Å²) in [6, 6.07) is 12.9. The van der Waals surface area contributed by atoms with Crippen LogP contribution in [0.1, 0.15) is 52.7 Å². The molecular weight excluding hydrogens is 216 g/mol. The highest BCUT2D eigenvalue weighted by molar-refractivity contribution is 5.88. The molecule has 0 aliphatic heterocycles. The lowest BCUT2D eigenvalue weighted by Gasteiger charge is -2.04. The third-order valence-electron chi connectivity index (χ3n) is 2.32. The second-order valence-electron chi connectivity index (χ2n) is 3.25. The average Bonchev–Trinajstić information content (AvgIpc) is 2.46. The van der Waals surface area contributed by atoms with E-state index in [1.165, 1.54) is 21.9 Å². The number of fused-ring (bicyclic) bond motifs is 1. The summed E-state index contributed by atoms with van der Waals surface area (Å²) >= 11 is 0. The number of hydrogen-bond donors (Lipinski definition) is 0. The monoisotopic (exact) mass is 246 g/mol. The van der Waals surface area contributed by atoms with E-state index in [4.69, 9.17) is 0 Å². The zero-order chi connectivity index (χ0) is 14.6. The van der Waals surface area contributed by atoms with Gasteiger partial charge in [0.2, 0.25) is 0 Å². The van der Waals surface area contributed by atoms with Crippen LogP contribution in [0.15, 0.2) is 36.4 Å². The van der Waals surface area contributed by atoms with Crippen LogP contribution in [-0.2, 0) is 0 Å². The highest BCUT2D eigenvalue weighted by atomic mass is 14.0. The molecule has 0 amide bonds. The Bertz CT molecular complexity index is 377. The Morgan fingerprint density at radius 2 is 0.889 bits per heavy atom. The van der Waals surface area contributed by atoms with Gasteiger partial charge in [0.15, 0.2) is 0 Å². The minimum Gasteiger partial charge on any atom is -0.0683 e. The van der Waals surface area contributed by atoms with E-state index in [1.54, 1.807) is 0 Å². The maximum absolute atomic E-state index is 2.16. The summed E-state index contributed by atoms with van der Waals surface area (Å²) in [6.07, 6.45) is 0. The fraction of sp³-hybridized carbons (Fsp3) is 0.444. The van der Waals surface area contributed by atoms with E-state index >= 15 is 0 Å². The molecule has 2 aromatic carbocycles. The van der Waals surface area contributed by atoms with Gasteiger partial charge in [-0.1, -0.05) is 77.9 Å². The van der Waals surface area contributed by atoms with Gasteiger partial charge in [0.05, 0.1) is 0 Å². The Morgan fingerprint density at radius 3 is 1.17 bits per heavy atom. The van der Waals surface area contributed by atoms with E-state index in [1.807, 2.05) is 41.5 Å². The molecule has 0 aliphatic carbocycles. The molecule has 0 saturated heterocycles. The number of hydrogen-bond acceptors (Lipinski definition) is 0. The van der Waals surface area contributed by atoms with Gasteiger partial charge in [0, 0.05) is 0 Å². The summed E-state index contributed by atoms with van der Waals surface area (Å²) in [5.41, 5.74) is 2.73. The van der Waals surface area contributed by atoms with E-state index in [0.29, 0.717) is 0 Å². The molecule has 18 heavy (non-hydrogen) atoms. The molecule has 0 N–H and O–H groups in total. The van der Waals surface area contributed by atoms with Crippen molar-refractivity contribution in [3.63, 3.8) is 0 Å². The molecule has 0 aliphatic rings. The first-order chi connectivity index (χ1) is 8.79. The standard InChI is InChI=1S/C12H12.3C2H6/c1-9-5-3-7-11-8-4-6-10(2)12(9)11;3*1-2/h3-8H,1-2H3;3*1-2H3. The molecule has 0 unspecified atom stereocenters. The van der Waals surface area contributed by atoms with Gasteiger partial charge in [-0.25, -0.2) is 0 Å². The third-order valence-corrected chi connectivity index (χ3v) is 2.32. The van der Waals surface area contributed by atoms with Gasteiger partial charge in [0.25, 0.3) is 0 Å². The SMILES string of the molecule is CC.CC.CC.Cc1cccc2cccc(C)c12. The van der Waals surface area contributed by atoms with Crippen LogP contribution in [0.5, 0.6) is 0 Å². The summed E-state index contributed by atoms with van der Waals surface area (Å²) in [5, 5.41) is 2.75. The topological polar surface area (TPSA) is 0 Å². The van der Waals surface area contributed by atoms with Gasteiger partial charge in [-0.05, 0) is 35.7 Å². The van der Waals surface area contributed by atoms with Crippen molar-refractivity contribution in [2.45, 2.75) is 55.4 Å². The first-order valence-corrected chi connectivity index (χ1v) is 7.24. The normalized spacial score (nSPS) is 8.00. The van der Waals surface area contributed by atoms with Crippen LogP contribution in [-0.4, -0.2) is 0 Å².